The Labute approximate surface area is 579 Å². The molecule has 0 saturated carbocycles. The number of esters is 2. The number of hydrogen-bond donors (Lipinski definition) is 0. The number of quaternary nitrogens is 1. The van der Waals surface area contributed by atoms with E-state index in [9.17, 15) is 19.0 Å². The maximum atomic E-state index is 12.9. The molecule has 0 aliphatic carbocycles. The van der Waals surface area contributed by atoms with Gasteiger partial charge in [-0.2, -0.15) is 0 Å². The summed E-state index contributed by atoms with van der Waals surface area (Å²) >= 11 is 0. The average Bonchev–Trinajstić information content (AvgIpc) is 1.66. The van der Waals surface area contributed by atoms with E-state index in [1.807, 2.05) is 21.1 Å². The minimum Gasteiger partial charge on any atom is -0.756 e. The molecule has 0 amide bonds. The van der Waals surface area contributed by atoms with E-state index < -0.39 is 26.5 Å². The van der Waals surface area contributed by atoms with Crippen molar-refractivity contribution in [2.45, 2.75) is 315 Å². The molecule has 0 rings (SSSR count). The van der Waals surface area contributed by atoms with E-state index in [2.05, 4.69) is 172 Å². The average molecular weight is 1330 g/mol. The number of carbonyl (C=O) groups is 2. The molecule has 2 unspecified atom stereocenters. The first-order valence-electron chi connectivity index (χ1n) is 38.2. The largest absolute Gasteiger partial charge is 0.756 e. The van der Waals surface area contributed by atoms with Crippen LogP contribution in [0.4, 0.5) is 0 Å². The number of nitrogens with zero attached hydrogens (tertiary/aromatic N) is 1. The fourth-order valence-electron chi connectivity index (χ4n) is 10.3. The van der Waals surface area contributed by atoms with Gasteiger partial charge in [0.1, 0.15) is 19.8 Å². The van der Waals surface area contributed by atoms with Gasteiger partial charge in [-0.05, 0) is 122 Å². The molecule has 0 heterocycles. The topological polar surface area (TPSA) is 111 Å². The second-order valence-electron chi connectivity index (χ2n) is 26.3. The summed E-state index contributed by atoms with van der Waals surface area (Å²) in [6.45, 7) is 4.02. The van der Waals surface area contributed by atoms with Crippen LogP contribution in [-0.4, -0.2) is 70.0 Å². The zero-order valence-corrected chi connectivity index (χ0v) is 62.0. The molecule has 0 bridgehead atoms. The monoisotopic (exact) mass is 1320 g/mol. The van der Waals surface area contributed by atoms with Gasteiger partial charge in [0, 0.05) is 12.8 Å². The van der Waals surface area contributed by atoms with Crippen molar-refractivity contribution in [1.82, 2.24) is 0 Å². The summed E-state index contributed by atoms with van der Waals surface area (Å²) in [6, 6.07) is 0. The van der Waals surface area contributed by atoms with E-state index in [0.717, 1.165) is 128 Å². The first-order valence-corrected chi connectivity index (χ1v) is 39.7. The molecule has 2 atom stereocenters. The summed E-state index contributed by atoms with van der Waals surface area (Å²) in [5.74, 6) is -0.838. The van der Waals surface area contributed by atoms with Crippen LogP contribution >= 0.6 is 7.82 Å². The van der Waals surface area contributed by atoms with Crippen molar-refractivity contribution < 1.29 is 42.1 Å². The second kappa shape index (κ2) is 72.9. The Bertz CT molecular complexity index is 2150. The molecule has 0 fully saturated rings. The van der Waals surface area contributed by atoms with Gasteiger partial charge in [-0.15, -0.1) is 0 Å². The van der Waals surface area contributed by atoms with Gasteiger partial charge in [0.05, 0.1) is 27.7 Å². The molecule has 0 saturated heterocycles. The summed E-state index contributed by atoms with van der Waals surface area (Å²) < 4.78 is 34.4. The number of likely N-dealkylation sites (N-methyl/N-ethyl adjacent to an activating group) is 1. The minimum absolute atomic E-state index is 0.0377. The van der Waals surface area contributed by atoms with Gasteiger partial charge in [-0.25, -0.2) is 0 Å². The van der Waals surface area contributed by atoms with Crippen LogP contribution in [0.15, 0.2) is 158 Å². The van der Waals surface area contributed by atoms with Crippen molar-refractivity contribution in [1.29, 1.82) is 0 Å². The van der Waals surface area contributed by atoms with Gasteiger partial charge >= 0.3 is 11.9 Å². The summed E-state index contributed by atoms with van der Waals surface area (Å²) in [5, 5.41) is 0. The minimum atomic E-state index is -4.65. The molecule has 0 aromatic carbocycles. The molecule has 0 aliphatic heterocycles. The maximum Gasteiger partial charge on any atom is 0.306 e. The van der Waals surface area contributed by atoms with Crippen molar-refractivity contribution in [2.75, 3.05) is 47.5 Å². The molecule has 0 radical (unpaired) electrons. The van der Waals surface area contributed by atoms with Crippen molar-refractivity contribution in [2.24, 2.45) is 0 Å². The van der Waals surface area contributed by atoms with E-state index in [-0.39, 0.29) is 32.0 Å². The lowest BCUT2D eigenvalue weighted by atomic mass is 10.0. The van der Waals surface area contributed by atoms with Gasteiger partial charge in [0.2, 0.25) is 0 Å². The van der Waals surface area contributed by atoms with Gasteiger partial charge in [0.25, 0.3) is 7.82 Å². The molecule has 536 valence electrons. The molecule has 0 aromatic rings. The lowest BCUT2D eigenvalue weighted by Gasteiger charge is -2.28. The van der Waals surface area contributed by atoms with Crippen molar-refractivity contribution in [3.8, 4) is 0 Å². The van der Waals surface area contributed by atoms with Crippen molar-refractivity contribution >= 4 is 19.8 Å². The van der Waals surface area contributed by atoms with Gasteiger partial charge < -0.3 is 27.9 Å². The van der Waals surface area contributed by atoms with Crippen molar-refractivity contribution in [3.63, 3.8) is 0 Å². The number of carbonyl (C=O) groups excluding carboxylic acids is 2. The second-order valence-corrected chi connectivity index (χ2v) is 27.7. The van der Waals surface area contributed by atoms with Crippen molar-refractivity contribution in [3.05, 3.63) is 158 Å². The van der Waals surface area contributed by atoms with E-state index in [1.165, 1.54) is 148 Å². The number of unbranched alkanes of at least 4 members (excludes halogenated alkanes) is 29. The molecule has 0 aliphatic rings. The Morgan fingerprint density at radius 1 is 0.330 bits per heavy atom. The molecule has 10 heteroatoms. The van der Waals surface area contributed by atoms with Crippen LogP contribution in [0.2, 0.25) is 0 Å². The number of rotatable bonds is 69. The number of phosphoric acid groups is 1. The number of allylic oxidation sites excluding steroid dienone is 26. The third-order valence-electron chi connectivity index (χ3n) is 16.0. The van der Waals surface area contributed by atoms with Gasteiger partial charge in [-0.1, -0.05) is 332 Å². The van der Waals surface area contributed by atoms with Crippen LogP contribution in [0.25, 0.3) is 0 Å². The number of hydrogen-bond acceptors (Lipinski definition) is 8. The highest BCUT2D eigenvalue weighted by Crippen LogP contribution is 2.38. The molecular weight excluding hydrogens is 1180 g/mol. The van der Waals surface area contributed by atoms with E-state index in [0.29, 0.717) is 17.4 Å². The lowest BCUT2D eigenvalue weighted by Crippen LogP contribution is -2.37. The van der Waals surface area contributed by atoms with Crippen LogP contribution in [0.1, 0.15) is 309 Å². The first kappa shape index (κ1) is 89.6. The third-order valence-corrected chi connectivity index (χ3v) is 17.0. The molecule has 0 spiro atoms. The zero-order chi connectivity index (χ0) is 68.3. The molecule has 9 nitrogen and oxygen atoms in total. The van der Waals surface area contributed by atoms with Gasteiger partial charge in [0.15, 0.2) is 6.10 Å². The van der Waals surface area contributed by atoms with E-state index in [4.69, 9.17) is 18.5 Å². The fourth-order valence-corrected chi connectivity index (χ4v) is 11.0. The van der Waals surface area contributed by atoms with Crippen LogP contribution in [0, 0.1) is 0 Å². The highest BCUT2D eigenvalue weighted by molar-refractivity contribution is 7.45. The quantitative estimate of drug-likeness (QED) is 0.0195. The maximum absolute atomic E-state index is 12.9. The molecule has 0 N–H and O–H groups in total. The highest BCUT2D eigenvalue weighted by atomic mass is 31.2. The predicted molar refractivity (Wildman–Crippen MR) is 406 cm³/mol. The van der Waals surface area contributed by atoms with Crippen LogP contribution < -0.4 is 4.89 Å². The predicted octanol–water partition coefficient (Wildman–Crippen LogP) is 24.9. The van der Waals surface area contributed by atoms with Gasteiger partial charge in [-0.3, -0.25) is 14.2 Å². The Morgan fingerprint density at radius 2 is 0.574 bits per heavy atom. The summed E-state index contributed by atoms with van der Waals surface area (Å²) in [5.41, 5.74) is 0. The lowest BCUT2D eigenvalue weighted by molar-refractivity contribution is -0.870. The highest BCUT2D eigenvalue weighted by Gasteiger charge is 2.22. The Hall–Kier alpha value is -4.37. The summed E-state index contributed by atoms with van der Waals surface area (Å²) in [7, 11) is 1.15. The van der Waals surface area contributed by atoms with Crippen LogP contribution in [0.5, 0.6) is 0 Å². The Morgan fingerprint density at radius 3 is 0.851 bits per heavy atom. The molecule has 94 heavy (non-hydrogen) atoms. The van der Waals surface area contributed by atoms with Crippen LogP contribution in [0.3, 0.4) is 0 Å². The normalized spacial score (nSPS) is 14.0. The van der Waals surface area contributed by atoms with Crippen LogP contribution in [-0.2, 0) is 32.7 Å². The number of ether oxygens (including phenoxy) is 2. The zero-order valence-electron chi connectivity index (χ0n) is 61.1. The third kappa shape index (κ3) is 76.6. The Balaban J connectivity index is 4.02. The number of phosphoric ester groups is 1. The fraction of sp³-hybridized carbons (Fsp3) is 0.667. The smallest absolute Gasteiger partial charge is 0.306 e. The molecular formula is C84H142NO8P. The van der Waals surface area contributed by atoms with E-state index in [1.54, 1.807) is 0 Å². The summed E-state index contributed by atoms with van der Waals surface area (Å²) in [6.07, 6.45) is 109. The molecule has 0 aromatic heterocycles. The summed E-state index contributed by atoms with van der Waals surface area (Å²) in [4.78, 5) is 38.2. The van der Waals surface area contributed by atoms with E-state index >= 15 is 0 Å². The first-order chi connectivity index (χ1) is 46.0. The Kier molecular flexibility index (Phi) is 69.5. The SMILES string of the molecule is CC/C=C\C/C=C\C/C=C\C/C=C\C/C=C\C/C=C\C/C=C\CCCCCCCCCCCC(=O)OC(COC(=O)CCCCCCCCCCCCCCCCCCCCCC/C=C\C/C=C\C/C=C\C/C=C\C/C=C\C/C=C\CC)COP(=O)([O-])OCC[N+](C)(C)C. The standard InChI is InChI=1S/C84H142NO8P/c1-6-8-10-12-14-16-18-20-22-24-26-28-30-32-34-36-38-39-40-41-42-43-44-45-47-48-50-52-54-56-58-60-62-64-66-68-70-72-74-76-83(86)90-80-82(81-92-94(88,89)91-79-78-85(3,4)5)93-84(87)77-75-73-71-69-67-65-63-61-59-57-55-53-51-49-46-37-35-33-31-29-27-25-23-21-19-17-15-13-11-9-7-2/h8-11,14-17,20-23,26-29,32-35,38-39,46,49,53,55,82H,6-7,12-13,18-19,24-25,30-31,36-37,40-45,47-48,50-52,54,56-81H2,1-5H3/b10-8-,11-9-,16-14-,17-15-,22-20-,23-21-,28-26-,29-27-,34-32-,35-33-,39-38-,49-46-,55-53-.